The number of rotatable bonds is 7. The minimum atomic E-state index is -1.34. The third kappa shape index (κ3) is 4.47. The van der Waals surface area contributed by atoms with Crippen LogP contribution in [0.3, 0.4) is 0 Å². The minimum absolute atomic E-state index is 0.230. The van der Waals surface area contributed by atoms with Crippen molar-refractivity contribution in [3.05, 3.63) is 64.7 Å². The smallest absolute Gasteiger partial charge is 0.242 e. The number of aliphatic hydroxyl groups excluding tert-OH is 1. The highest BCUT2D eigenvalue weighted by molar-refractivity contribution is 6.31. The number of likely N-dealkylation sites (N-methyl/N-ethyl adjacent to an activating group) is 1. The molecule has 24 heavy (non-hydrogen) atoms. The molecule has 128 valence electrons. The lowest BCUT2D eigenvalue weighted by Gasteiger charge is -2.25. The lowest BCUT2D eigenvalue weighted by Crippen LogP contribution is -2.57. The number of carbonyl (C=O) groups excluding carboxylic acids is 1. The molecule has 1 unspecified atom stereocenters. The van der Waals surface area contributed by atoms with Gasteiger partial charge < -0.3 is 20.9 Å². The molecule has 4 N–H and O–H groups in total. The maximum absolute atomic E-state index is 11.8. The van der Waals surface area contributed by atoms with Gasteiger partial charge in [0.15, 0.2) is 0 Å². The van der Waals surface area contributed by atoms with Crippen LogP contribution in [0.2, 0.25) is 5.02 Å². The third-order valence-electron chi connectivity index (χ3n) is 3.76. The number of benzene rings is 2. The van der Waals surface area contributed by atoms with Crippen LogP contribution >= 0.6 is 11.6 Å². The summed E-state index contributed by atoms with van der Waals surface area (Å²) >= 11 is 6.09. The van der Waals surface area contributed by atoms with E-state index in [2.05, 4.69) is 5.32 Å². The van der Waals surface area contributed by atoms with Gasteiger partial charge in [0.1, 0.15) is 17.9 Å². The molecule has 0 radical (unpaired) electrons. The predicted octanol–water partition coefficient (Wildman–Crippen LogP) is 1.90. The molecule has 1 amide bonds. The molecular formula is C18H21ClN2O3. The molecule has 0 aromatic heterocycles. The molecule has 0 fully saturated rings. The Morgan fingerprint density at radius 2 is 1.92 bits per heavy atom. The highest BCUT2D eigenvalue weighted by Gasteiger charge is 2.32. The second-order valence-corrected chi connectivity index (χ2v) is 6.00. The molecule has 0 saturated carbocycles. The van der Waals surface area contributed by atoms with Gasteiger partial charge in [-0.1, -0.05) is 41.9 Å². The van der Waals surface area contributed by atoms with E-state index in [1.54, 1.807) is 12.1 Å². The Kier molecular flexibility index (Phi) is 6.20. The lowest BCUT2D eigenvalue weighted by atomic mass is 9.91. The molecular weight excluding hydrogens is 328 g/mol. The minimum Gasteiger partial charge on any atom is -0.489 e. The van der Waals surface area contributed by atoms with E-state index >= 15 is 0 Å². The highest BCUT2D eigenvalue weighted by atomic mass is 35.5. The number of ether oxygens (including phenoxy) is 1. The summed E-state index contributed by atoms with van der Waals surface area (Å²) in [5, 5.41) is 12.5. The number of aliphatic hydroxyl groups is 1. The second-order valence-electron chi connectivity index (χ2n) is 5.59. The fraction of sp³-hybridized carbons (Fsp3) is 0.278. The molecule has 2 aromatic rings. The van der Waals surface area contributed by atoms with Crippen molar-refractivity contribution in [2.24, 2.45) is 5.73 Å². The van der Waals surface area contributed by atoms with Crippen LogP contribution in [0, 0.1) is 0 Å². The average molecular weight is 349 g/mol. The monoisotopic (exact) mass is 348 g/mol. The molecule has 0 aliphatic rings. The first-order valence-electron chi connectivity index (χ1n) is 7.55. The van der Waals surface area contributed by atoms with Crippen molar-refractivity contribution in [3.8, 4) is 5.75 Å². The van der Waals surface area contributed by atoms with Gasteiger partial charge in [0, 0.05) is 24.1 Å². The molecule has 0 aliphatic heterocycles. The molecule has 0 spiro atoms. The standard InChI is InChI=1S/C18H21ClN2O3/c1-21-17(23)18(20,12-22)10-13-6-8-15(9-7-13)24-11-14-4-2-3-5-16(14)19/h2-9,22H,10-12,20H2,1H3,(H,21,23). The number of nitrogens with one attached hydrogen (secondary N) is 1. The summed E-state index contributed by atoms with van der Waals surface area (Å²) in [5.74, 6) is 0.286. The van der Waals surface area contributed by atoms with E-state index in [1.165, 1.54) is 7.05 Å². The Bertz CT molecular complexity index is 691. The van der Waals surface area contributed by atoms with E-state index in [9.17, 15) is 9.90 Å². The van der Waals surface area contributed by atoms with Crippen LogP contribution in [0.5, 0.6) is 5.75 Å². The van der Waals surface area contributed by atoms with Crippen LogP contribution in [0.1, 0.15) is 11.1 Å². The van der Waals surface area contributed by atoms with Crippen molar-refractivity contribution >= 4 is 17.5 Å². The normalized spacial score (nSPS) is 13.2. The van der Waals surface area contributed by atoms with E-state index in [1.807, 2.05) is 36.4 Å². The quantitative estimate of drug-likeness (QED) is 0.713. The predicted molar refractivity (Wildman–Crippen MR) is 94.0 cm³/mol. The molecule has 0 bridgehead atoms. The highest BCUT2D eigenvalue weighted by Crippen LogP contribution is 2.20. The number of amides is 1. The van der Waals surface area contributed by atoms with Crippen molar-refractivity contribution < 1.29 is 14.6 Å². The van der Waals surface area contributed by atoms with Crippen molar-refractivity contribution in [2.75, 3.05) is 13.7 Å². The van der Waals surface area contributed by atoms with Crippen LogP contribution in [-0.4, -0.2) is 30.2 Å². The van der Waals surface area contributed by atoms with E-state index in [4.69, 9.17) is 22.1 Å². The van der Waals surface area contributed by atoms with Gasteiger partial charge in [-0.2, -0.15) is 0 Å². The first-order valence-corrected chi connectivity index (χ1v) is 7.93. The maximum atomic E-state index is 11.8. The summed E-state index contributed by atoms with van der Waals surface area (Å²) in [6.07, 6.45) is 0.230. The number of hydrogen-bond donors (Lipinski definition) is 3. The van der Waals surface area contributed by atoms with Gasteiger partial charge in [-0.3, -0.25) is 4.79 Å². The SMILES string of the molecule is CNC(=O)C(N)(CO)Cc1ccc(OCc2ccccc2Cl)cc1. The van der Waals surface area contributed by atoms with E-state index < -0.39 is 18.1 Å². The van der Waals surface area contributed by atoms with Gasteiger partial charge in [0.25, 0.3) is 0 Å². The van der Waals surface area contributed by atoms with Gasteiger partial charge in [-0.05, 0) is 23.8 Å². The molecule has 0 saturated heterocycles. The van der Waals surface area contributed by atoms with Gasteiger partial charge in [0.2, 0.25) is 5.91 Å². The number of nitrogens with two attached hydrogens (primary N) is 1. The maximum Gasteiger partial charge on any atom is 0.242 e. The Labute approximate surface area is 146 Å². The third-order valence-corrected chi connectivity index (χ3v) is 4.13. The fourth-order valence-electron chi connectivity index (χ4n) is 2.30. The Hall–Kier alpha value is -2.08. The zero-order chi connectivity index (χ0) is 17.6. The number of halogens is 1. The average Bonchev–Trinajstić information content (AvgIpc) is 2.61. The first-order chi connectivity index (χ1) is 11.5. The van der Waals surface area contributed by atoms with Crippen LogP contribution < -0.4 is 15.8 Å². The van der Waals surface area contributed by atoms with E-state index in [0.717, 1.165) is 11.1 Å². The summed E-state index contributed by atoms with van der Waals surface area (Å²) in [7, 11) is 1.49. The Morgan fingerprint density at radius 3 is 2.50 bits per heavy atom. The summed E-state index contributed by atoms with van der Waals surface area (Å²) in [6.45, 7) is -0.0633. The van der Waals surface area contributed by atoms with Crippen molar-refractivity contribution in [2.45, 2.75) is 18.6 Å². The van der Waals surface area contributed by atoms with Crippen molar-refractivity contribution in [1.82, 2.24) is 5.32 Å². The molecule has 5 nitrogen and oxygen atoms in total. The Balaban J connectivity index is 2.00. The second kappa shape index (κ2) is 8.15. The van der Waals surface area contributed by atoms with E-state index in [-0.39, 0.29) is 6.42 Å². The van der Waals surface area contributed by atoms with Gasteiger partial charge in [-0.25, -0.2) is 0 Å². The van der Waals surface area contributed by atoms with Gasteiger partial charge in [-0.15, -0.1) is 0 Å². The number of carbonyl (C=O) groups is 1. The zero-order valence-electron chi connectivity index (χ0n) is 13.5. The largest absolute Gasteiger partial charge is 0.489 e. The van der Waals surface area contributed by atoms with Crippen LogP contribution in [0.4, 0.5) is 0 Å². The van der Waals surface area contributed by atoms with Crippen LogP contribution in [-0.2, 0) is 17.8 Å². The molecule has 2 aromatic carbocycles. The van der Waals surface area contributed by atoms with Crippen LogP contribution in [0.15, 0.2) is 48.5 Å². The van der Waals surface area contributed by atoms with Crippen LogP contribution in [0.25, 0.3) is 0 Å². The Morgan fingerprint density at radius 1 is 1.25 bits per heavy atom. The lowest BCUT2D eigenvalue weighted by molar-refractivity contribution is -0.127. The molecule has 0 aliphatic carbocycles. The van der Waals surface area contributed by atoms with Crippen molar-refractivity contribution in [3.63, 3.8) is 0 Å². The summed E-state index contributed by atoms with van der Waals surface area (Å²) in [6, 6.07) is 14.7. The summed E-state index contributed by atoms with van der Waals surface area (Å²) < 4.78 is 5.71. The van der Waals surface area contributed by atoms with E-state index in [0.29, 0.717) is 17.4 Å². The topological polar surface area (TPSA) is 84.6 Å². The van der Waals surface area contributed by atoms with Gasteiger partial charge in [0.05, 0.1) is 6.61 Å². The first kappa shape index (κ1) is 18.3. The zero-order valence-corrected chi connectivity index (χ0v) is 14.2. The fourth-order valence-corrected chi connectivity index (χ4v) is 2.49. The molecule has 0 heterocycles. The number of hydrogen-bond acceptors (Lipinski definition) is 4. The molecule has 2 rings (SSSR count). The van der Waals surface area contributed by atoms with Gasteiger partial charge >= 0.3 is 0 Å². The summed E-state index contributed by atoms with van der Waals surface area (Å²) in [4.78, 5) is 11.8. The molecule has 1 atom stereocenters. The summed E-state index contributed by atoms with van der Waals surface area (Å²) in [5.41, 5.74) is 6.37. The molecule has 6 heteroatoms. The van der Waals surface area contributed by atoms with Crippen molar-refractivity contribution in [1.29, 1.82) is 0 Å².